The Morgan fingerprint density at radius 2 is 1.89 bits per heavy atom. The molecule has 27 heavy (non-hydrogen) atoms. The lowest BCUT2D eigenvalue weighted by Crippen LogP contribution is -2.47. The van der Waals surface area contributed by atoms with Crippen LogP contribution in [-0.4, -0.2) is 47.1 Å². The van der Waals surface area contributed by atoms with Gasteiger partial charge in [0.15, 0.2) is 0 Å². The van der Waals surface area contributed by atoms with E-state index >= 15 is 0 Å². The van der Waals surface area contributed by atoms with Crippen molar-refractivity contribution in [1.29, 1.82) is 0 Å². The number of para-hydroxylation sites is 1. The second-order valence-electron chi connectivity index (χ2n) is 6.73. The van der Waals surface area contributed by atoms with E-state index in [9.17, 15) is 8.42 Å². The maximum atomic E-state index is 12.8. The van der Waals surface area contributed by atoms with E-state index in [0.717, 1.165) is 30.8 Å². The van der Waals surface area contributed by atoms with Gasteiger partial charge in [0.05, 0.1) is 30.0 Å². The number of sulfonamides is 1. The van der Waals surface area contributed by atoms with Crippen molar-refractivity contribution in [2.45, 2.75) is 23.8 Å². The van der Waals surface area contributed by atoms with Gasteiger partial charge in [0.1, 0.15) is 4.90 Å². The zero-order valence-corrected chi connectivity index (χ0v) is 15.9. The molecule has 142 valence electrons. The predicted molar refractivity (Wildman–Crippen MR) is 102 cm³/mol. The van der Waals surface area contributed by atoms with Gasteiger partial charge in [-0.3, -0.25) is 4.68 Å². The topological polar surface area (TPSA) is 85.0 Å². The van der Waals surface area contributed by atoms with Crippen molar-refractivity contribution in [3.8, 4) is 5.69 Å². The van der Waals surface area contributed by atoms with E-state index in [1.807, 2.05) is 43.6 Å². The predicted octanol–water partition coefficient (Wildman–Crippen LogP) is 1.55. The largest absolute Gasteiger partial charge is 0.367 e. The standard InChI is InChI=1S/C18H22N6O2S/c1-22-13-17(10-19-22)23-9-5-6-15(12-23)21-27(25,26)18-11-20-24(14-18)16-7-3-2-4-8-16/h2-4,7-8,10-11,13-15,21H,5-6,9,12H2,1H3/t15-/m1/s1. The number of aromatic nitrogens is 4. The molecule has 0 amide bonds. The Morgan fingerprint density at radius 3 is 2.63 bits per heavy atom. The maximum Gasteiger partial charge on any atom is 0.244 e. The highest BCUT2D eigenvalue weighted by Gasteiger charge is 2.26. The van der Waals surface area contributed by atoms with E-state index in [0.29, 0.717) is 6.54 Å². The van der Waals surface area contributed by atoms with Crippen LogP contribution in [0.4, 0.5) is 5.69 Å². The van der Waals surface area contributed by atoms with Gasteiger partial charge in [-0.05, 0) is 25.0 Å². The van der Waals surface area contributed by atoms with Crippen molar-refractivity contribution in [3.05, 3.63) is 55.1 Å². The summed E-state index contributed by atoms with van der Waals surface area (Å²) in [6.07, 6.45) is 8.41. The third-order valence-electron chi connectivity index (χ3n) is 4.69. The first kappa shape index (κ1) is 17.7. The van der Waals surface area contributed by atoms with Crippen LogP contribution in [-0.2, 0) is 17.1 Å². The number of hydrogen-bond donors (Lipinski definition) is 1. The molecule has 1 fully saturated rings. The molecule has 0 bridgehead atoms. The molecule has 3 heterocycles. The first-order valence-corrected chi connectivity index (χ1v) is 10.4. The molecule has 3 aromatic rings. The number of nitrogens with zero attached hydrogens (tertiary/aromatic N) is 5. The highest BCUT2D eigenvalue weighted by Crippen LogP contribution is 2.20. The highest BCUT2D eigenvalue weighted by molar-refractivity contribution is 7.89. The van der Waals surface area contributed by atoms with Gasteiger partial charge >= 0.3 is 0 Å². The SMILES string of the molecule is Cn1cc(N2CCC[C@@H](NS(=O)(=O)c3cnn(-c4ccccc4)c3)C2)cn1. The van der Waals surface area contributed by atoms with Gasteiger partial charge in [-0.15, -0.1) is 0 Å². The second-order valence-corrected chi connectivity index (χ2v) is 8.45. The molecule has 1 aliphatic rings. The Labute approximate surface area is 158 Å². The fourth-order valence-electron chi connectivity index (χ4n) is 3.33. The molecule has 0 radical (unpaired) electrons. The molecular formula is C18H22N6O2S. The summed E-state index contributed by atoms with van der Waals surface area (Å²) in [6, 6.07) is 9.29. The van der Waals surface area contributed by atoms with E-state index in [-0.39, 0.29) is 10.9 Å². The quantitative estimate of drug-likeness (QED) is 0.719. The fraction of sp³-hybridized carbons (Fsp3) is 0.333. The zero-order valence-electron chi connectivity index (χ0n) is 15.1. The third kappa shape index (κ3) is 3.88. The van der Waals surface area contributed by atoms with Crippen LogP contribution in [0.2, 0.25) is 0 Å². The molecule has 1 aliphatic heterocycles. The Hall–Kier alpha value is -2.65. The normalized spacial score (nSPS) is 18.0. The molecule has 1 N–H and O–H groups in total. The highest BCUT2D eigenvalue weighted by atomic mass is 32.2. The molecule has 0 aliphatic carbocycles. The van der Waals surface area contributed by atoms with Crippen LogP contribution in [0.25, 0.3) is 5.69 Å². The first-order valence-electron chi connectivity index (χ1n) is 8.87. The lowest BCUT2D eigenvalue weighted by atomic mass is 10.1. The van der Waals surface area contributed by atoms with Crippen molar-refractivity contribution in [1.82, 2.24) is 24.3 Å². The van der Waals surface area contributed by atoms with Crippen molar-refractivity contribution in [2.75, 3.05) is 18.0 Å². The van der Waals surface area contributed by atoms with Gasteiger partial charge in [-0.1, -0.05) is 18.2 Å². The number of benzene rings is 1. The molecule has 0 unspecified atom stereocenters. The first-order chi connectivity index (χ1) is 13.0. The Bertz CT molecular complexity index is 1010. The number of anilines is 1. The minimum atomic E-state index is -3.63. The molecule has 2 aromatic heterocycles. The minimum Gasteiger partial charge on any atom is -0.367 e. The van der Waals surface area contributed by atoms with Crippen molar-refractivity contribution in [2.24, 2.45) is 7.05 Å². The molecular weight excluding hydrogens is 364 g/mol. The summed E-state index contributed by atoms with van der Waals surface area (Å²) >= 11 is 0. The summed E-state index contributed by atoms with van der Waals surface area (Å²) in [5.74, 6) is 0. The molecule has 9 heteroatoms. The lowest BCUT2D eigenvalue weighted by Gasteiger charge is -2.33. The van der Waals surface area contributed by atoms with Gasteiger partial charge < -0.3 is 4.90 Å². The summed E-state index contributed by atoms with van der Waals surface area (Å²) in [7, 11) is -1.76. The Kier molecular flexibility index (Phi) is 4.71. The maximum absolute atomic E-state index is 12.8. The Morgan fingerprint density at radius 1 is 1.07 bits per heavy atom. The lowest BCUT2D eigenvalue weighted by molar-refractivity contribution is 0.466. The molecule has 1 saturated heterocycles. The summed E-state index contributed by atoms with van der Waals surface area (Å²) in [6.45, 7) is 1.52. The summed E-state index contributed by atoms with van der Waals surface area (Å²) in [5, 5.41) is 8.38. The smallest absolute Gasteiger partial charge is 0.244 e. The number of nitrogens with one attached hydrogen (secondary N) is 1. The molecule has 0 spiro atoms. The van der Waals surface area contributed by atoms with Crippen molar-refractivity contribution in [3.63, 3.8) is 0 Å². The molecule has 8 nitrogen and oxygen atoms in total. The molecule has 1 aromatic carbocycles. The van der Waals surface area contributed by atoms with Crippen LogP contribution in [0.15, 0.2) is 60.0 Å². The van der Waals surface area contributed by atoms with E-state index in [4.69, 9.17) is 0 Å². The van der Waals surface area contributed by atoms with Crippen LogP contribution < -0.4 is 9.62 Å². The number of aryl methyl sites for hydroxylation is 1. The second kappa shape index (κ2) is 7.16. The van der Waals surface area contributed by atoms with Gasteiger partial charge in [-0.25, -0.2) is 17.8 Å². The fourth-order valence-corrected chi connectivity index (χ4v) is 4.53. The van der Waals surface area contributed by atoms with Crippen LogP contribution in [0.1, 0.15) is 12.8 Å². The van der Waals surface area contributed by atoms with Crippen LogP contribution in [0.5, 0.6) is 0 Å². The third-order valence-corrected chi connectivity index (χ3v) is 6.16. The summed E-state index contributed by atoms with van der Waals surface area (Å²) in [5.41, 5.74) is 1.83. The van der Waals surface area contributed by atoms with Crippen LogP contribution in [0.3, 0.4) is 0 Å². The van der Waals surface area contributed by atoms with Gasteiger partial charge in [0.2, 0.25) is 10.0 Å². The summed E-state index contributed by atoms with van der Waals surface area (Å²) < 4.78 is 31.7. The van der Waals surface area contributed by atoms with Gasteiger partial charge in [-0.2, -0.15) is 10.2 Å². The molecule has 0 saturated carbocycles. The summed E-state index contributed by atoms with van der Waals surface area (Å²) in [4.78, 5) is 2.33. The van der Waals surface area contributed by atoms with Crippen LogP contribution in [0, 0.1) is 0 Å². The number of rotatable bonds is 5. The van der Waals surface area contributed by atoms with E-state index in [1.54, 1.807) is 21.8 Å². The average molecular weight is 386 g/mol. The van der Waals surface area contributed by atoms with Gasteiger partial charge in [0.25, 0.3) is 0 Å². The monoisotopic (exact) mass is 386 g/mol. The van der Waals surface area contributed by atoms with E-state index in [2.05, 4.69) is 19.8 Å². The minimum absolute atomic E-state index is 0.149. The van der Waals surface area contributed by atoms with E-state index in [1.165, 1.54) is 6.20 Å². The number of hydrogen-bond acceptors (Lipinski definition) is 5. The van der Waals surface area contributed by atoms with Crippen LogP contribution >= 0.6 is 0 Å². The number of piperidine rings is 1. The zero-order chi connectivity index (χ0) is 18.9. The average Bonchev–Trinajstić information content (AvgIpc) is 3.32. The van der Waals surface area contributed by atoms with Crippen molar-refractivity contribution < 1.29 is 8.42 Å². The molecule has 1 atom stereocenters. The van der Waals surface area contributed by atoms with E-state index < -0.39 is 10.0 Å². The Balaban J connectivity index is 1.47. The van der Waals surface area contributed by atoms with Gasteiger partial charge in [0, 0.05) is 32.4 Å². The molecule has 4 rings (SSSR count). The van der Waals surface area contributed by atoms with Crippen molar-refractivity contribution >= 4 is 15.7 Å².